The first-order chi connectivity index (χ1) is 19.5. The minimum absolute atomic E-state index is 0.0497. The number of amides is 1. The van der Waals surface area contributed by atoms with Gasteiger partial charge >= 0.3 is 6.18 Å². The van der Waals surface area contributed by atoms with Gasteiger partial charge in [-0.1, -0.05) is 43.3 Å². The molecule has 1 aromatic rings. The lowest BCUT2D eigenvalue weighted by atomic mass is 9.49. The van der Waals surface area contributed by atoms with Crippen LogP contribution in [0.3, 0.4) is 0 Å². The highest BCUT2D eigenvalue weighted by atomic mass is 19.4. The molecule has 6 nitrogen and oxygen atoms in total. The van der Waals surface area contributed by atoms with Gasteiger partial charge in [-0.05, 0) is 43.1 Å². The van der Waals surface area contributed by atoms with Gasteiger partial charge in [0.15, 0.2) is 5.72 Å². The van der Waals surface area contributed by atoms with E-state index in [0.717, 1.165) is 67.0 Å². The Morgan fingerprint density at radius 2 is 2.05 bits per heavy atom. The van der Waals surface area contributed by atoms with Gasteiger partial charge in [-0.3, -0.25) is 4.79 Å². The Morgan fingerprint density at radius 3 is 2.71 bits per heavy atom. The van der Waals surface area contributed by atoms with Gasteiger partial charge in [0.05, 0.1) is 31.8 Å². The molecule has 2 heterocycles. The van der Waals surface area contributed by atoms with Crippen molar-refractivity contribution >= 4 is 12.0 Å². The number of hydrogen-bond donors (Lipinski definition) is 2. The third kappa shape index (κ3) is 4.07. The molecule has 1 amide bonds. The minimum atomic E-state index is -4.91. The zero-order chi connectivity index (χ0) is 29.2. The van der Waals surface area contributed by atoms with Crippen molar-refractivity contribution in [3.05, 3.63) is 77.1 Å². The number of benzene rings is 1. The van der Waals surface area contributed by atoms with E-state index in [-0.39, 0.29) is 28.9 Å². The van der Waals surface area contributed by atoms with E-state index in [9.17, 15) is 23.1 Å². The number of piperidine rings is 1. The Bertz CT molecular complexity index is 1340. The van der Waals surface area contributed by atoms with Crippen molar-refractivity contribution in [1.82, 2.24) is 5.32 Å². The molecule has 1 saturated carbocycles. The molecule has 2 N–H and O–H groups in total. The summed E-state index contributed by atoms with van der Waals surface area (Å²) in [7, 11) is 1.33. The smallest absolute Gasteiger partial charge is 0.421 e. The molecule has 3 aliphatic carbocycles. The second-order valence-electron chi connectivity index (χ2n) is 12.2. The van der Waals surface area contributed by atoms with Gasteiger partial charge in [0, 0.05) is 42.9 Å². The van der Waals surface area contributed by atoms with Crippen LogP contribution < -0.4 is 5.32 Å². The fraction of sp³-hybridized carbons (Fsp3) is 0.531. The van der Waals surface area contributed by atoms with Crippen LogP contribution in [-0.2, 0) is 14.3 Å². The number of likely N-dealkylation sites (N-methyl/N-ethyl adjacent to an activating group) is 1. The molecule has 1 spiro atoms. The van der Waals surface area contributed by atoms with Crippen LogP contribution in [0.2, 0.25) is 0 Å². The van der Waals surface area contributed by atoms with Gasteiger partial charge in [0.1, 0.15) is 17.4 Å². The van der Waals surface area contributed by atoms with Crippen molar-refractivity contribution in [2.45, 2.75) is 69.2 Å². The summed E-state index contributed by atoms with van der Waals surface area (Å²) in [6.07, 6.45) is 2.59. The second-order valence-corrected chi connectivity index (χ2v) is 12.2. The summed E-state index contributed by atoms with van der Waals surface area (Å²) in [6.45, 7) is 8.98. The highest BCUT2D eigenvalue weighted by molar-refractivity contribution is 5.99. The molecule has 6 rings (SSSR count). The van der Waals surface area contributed by atoms with Crippen molar-refractivity contribution in [3.8, 4) is 0 Å². The van der Waals surface area contributed by atoms with Crippen LogP contribution in [0, 0.1) is 11.3 Å². The van der Waals surface area contributed by atoms with Crippen molar-refractivity contribution in [2.75, 3.05) is 26.7 Å². The standard InChI is InChI=1S/C32H37F3N2O4/c1-4-15-37(5-2)16-14-30-22-12-9-13-26(30)41-28-27(30)21(18-24(22)37)25(38)19-31(28,40-3)36-29(39)23(32(33,34)35)17-20-10-7-6-8-11-20/h4,6-8,10-11,17,19,22,24,26,28H,1,5,9,12-16,18H2,2-3H3,(H-,36,38,39)/p+1/t22-,24+,26-,28?,30+,31?,37?/m0/s1. The molecule has 220 valence electrons. The van der Waals surface area contributed by atoms with E-state index in [1.54, 1.807) is 18.2 Å². The molecule has 0 radical (unpaired) electrons. The number of alkyl halides is 3. The quantitative estimate of drug-likeness (QED) is 0.194. The van der Waals surface area contributed by atoms with Crippen LogP contribution in [0.25, 0.3) is 6.08 Å². The Hall–Kier alpha value is -2.88. The molecule has 0 aromatic heterocycles. The molecule has 41 heavy (non-hydrogen) atoms. The van der Waals surface area contributed by atoms with Crippen LogP contribution in [-0.4, -0.2) is 72.4 Å². The normalized spacial score (nSPS) is 37.8. The highest BCUT2D eigenvalue weighted by Gasteiger charge is 2.72. The number of carbonyl (C=O) groups is 1. The summed E-state index contributed by atoms with van der Waals surface area (Å²) in [5.41, 5.74) is -1.52. The lowest BCUT2D eigenvalue weighted by Crippen LogP contribution is -2.70. The molecule has 2 bridgehead atoms. The summed E-state index contributed by atoms with van der Waals surface area (Å²) in [4.78, 5) is 13.4. The predicted molar refractivity (Wildman–Crippen MR) is 148 cm³/mol. The third-order valence-electron chi connectivity index (χ3n) is 10.6. The average molecular weight is 572 g/mol. The number of halogens is 3. The molecule has 2 saturated heterocycles. The minimum Gasteiger partial charge on any atom is -0.508 e. The van der Waals surface area contributed by atoms with Crippen LogP contribution in [0.5, 0.6) is 0 Å². The lowest BCUT2D eigenvalue weighted by molar-refractivity contribution is -0.956. The maximum atomic E-state index is 14.2. The topological polar surface area (TPSA) is 67.8 Å². The van der Waals surface area contributed by atoms with E-state index in [1.807, 2.05) is 6.08 Å². The zero-order valence-corrected chi connectivity index (χ0v) is 23.5. The number of aliphatic hydroxyl groups is 1. The van der Waals surface area contributed by atoms with E-state index in [4.69, 9.17) is 9.47 Å². The number of aliphatic hydroxyl groups excluding tert-OH is 1. The number of nitrogens with one attached hydrogen (secondary N) is 1. The largest absolute Gasteiger partial charge is 0.508 e. The summed E-state index contributed by atoms with van der Waals surface area (Å²) >= 11 is 0. The van der Waals surface area contributed by atoms with Crippen LogP contribution in [0.4, 0.5) is 13.2 Å². The van der Waals surface area contributed by atoms with Crippen LogP contribution in [0.15, 0.2) is 71.5 Å². The molecule has 3 fully saturated rings. The summed E-state index contributed by atoms with van der Waals surface area (Å²) in [6, 6.07) is 8.19. The van der Waals surface area contributed by atoms with E-state index >= 15 is 0 Å². The predicted octanol–water partition coefficient (Wildman–Crippen LogP) is 5.60. The van der Waals surface area contributed by atoms with Gasteiger partial charge in [0.2, 0.25) is 0 Å². The fourth-order valence-electron chi connectivity index (χ4n) is 8.87. The number of likely N-dealkylation sites (tertiary alicyclic amines) is 1. The van der Waals surface area contributed by atoms with Gasteiger partial charge in [-0.2, -0.15) is 13.2 Å². The van der Waals surface area contributed by atoms with Gasteiger partial charge in [-0.25, -0.2) is 0 Å². The number of nitrogens with zero attached hydrogens (tertiary/aromatic N) is 1. The van der Waals surface area contributed by atoms with Crippen molar-refractivity contribution in [2.24, 2.45) is 11.3 Å². The number of rotatable bonds is 7. The van der Waals surface area contributed by atoms with Crippen LogP contribution >= 0.6 is 0 Å². The molecule has 2 aliphatic heterocycles. The maximum absolute atomic E-state index is 14.2. The molecule has 9 heteroatoms. The van der Waals surface area contributed by atoms with Crippen LogP contribution in [0.1, 0.15) is 44.6 Å². The maximum Gasteiger partial charge on any atom is 0.421 e. The van der Waals surface area contributed by atoms with E-state index in [2.05, 4.69) is 18.8 Å². The number of hydrogen-bond acceptors (Lipinski definition) is 4. The van der Waals surface area contributed by atoms with Gasteiger partial charge in [0.25, 0.3) is 5.91 Å². The first-order valence-corrected chi connectivity index (χ1v) is 14.5. The summed E-state index contributed by atoms with van der Waals surface area (Å²) in [5, 5.41) is 14.1. The number of quaternary nitrogens is 1. The van der Waals surface area contributed by atoms with Crippen molar-refractivity contribution < 1.29 is 37.0 Å². The fourth-order valence-corrected chi connectivity index (χ4v) is 8.87. The Labute approximate surface area is 238 Å². The number of methoxy groups -OCH3 is 1. The van der Waals surface area contributed by atoms with Gasteiger partial charge in [-0.15, -0.1) is 0 Å². The Balaban J connectivity index is 1.43. The first-order valence-electron chi connectivity index (χ1n) is 14.5. The van der Waals surface area contributed by atoms with E-state index in [0.29, 0.717) is 12.3 Å². The highest BCUT2D eigenvalue weighted by Crippen LogP contribution is 2.67. The second kappa shape index (κ2) is 9.85. The Kier molecular flexibility index (Phi) is 6.79. The average Bonchev–Trinajstić information content (AvgIpc) is 3.29. The number of allylic oxidation sites excluding steroid dienone is 1. The first kappa shape index (κ1) is 28.2. The third-order valence-corrected chi connectivity index (χ3v) is 10.6. The molecule has 5 aliphatic rings. The monoisotopic (exact) mass is 571 g/mol. The molecule has 1 aromatic carbocycles. The van der Waals surface area contributed by atoms with E-state index in [1.165, 1.54) is 25.3 Å². The van der Waals surface area contributed by atoms with Crippen molar-refractivity contribution in [1.29, 1.82) is 0 Å². The molecular weight excluding hydrogens is 533 g/mol. The van der Waals surface area contributed by atoms with Gasteiger partial charge < -0.3 is 24.4 Å². The number of ether oxygens (including phenoxy) is 2. The number of carbonyl (C=O) groups excluding carboxylic acids is 1. The molecule has 3 unspecified atom stereocenters. The summed E-state index contributed by atoms with van der Waals surface area (Å²) in [5.74, 6) is -1.08. The lowest BCUT2D eigenvalue weighted by Gasteiger charge is -2.62. The van der Waals surface area contributed by atoms with E-state index < -0.39 is 29.5 Å². The molecular formula is C32H38F3N2O4+. The molecule has 7 atom stereocenters. The Morgan fingerprint density at radius 1 is 1.29 bits per heavy atom. The SMILES string of the molecule is C=CC[N+]1(CC)CC[C@@]23C4=C5C[C@@H]1[C@@H]2CCC[C@@H]3OC4C(NC(=O)C(=Cc1ccccc1)C(F)(F)F)(OC)C=C5O. The zero-order valence-electron chi connectivity index (χ0n) is 23.5. The van der Waals surface area contributed by atoms with Crippen molar-refractivity contribution in [3.63, 3.8) is 0 Å². The summed E-state index contributed by atoms with van der Waals surface area (Å²) < 4.78 is 56.1.